The molecule has 3 heterocycles. The highest BCUT2D eigenvalue weighted by atomic mass is 16.6. The van der Waals surface area contributed by atoms with Gasteiger partial charge in [-0.05, 0) is 25.0 Å². The molecule has 12 nitrogen and oxygen atoms in total. The van der Waals surface area contributed by atoms with E-state index in [2.05, 4.69) is 35.3 Å². The molecule has 0 unspecified atom stereocenters. The lowest BCUT2D eigenvalue weighted by atomic mass is 10.2. The smallest absolute Gasteiger partial charge is 0.311 e. The van der Waals surface area contributed by atoms with Gasteiger partial charge in [0.2, 0.25) is 17.8 Å². The molecule has 31 heavy (non-hydrogen) atoms. The predicted molar refractivity (Wildman–Crippen MR) is 115 cm³/mol. The molecule has 2 aliphatic heterocycles. The van der Waals surface area contributed by atoms with Gasteiger partial charge in [-0.2, -0.15) is 20.1 Å². The first kappa shape index (κ1) is 20.7. The predicted octanol–water partition coefficient (Wildman–Crippen LogP) is 1.67. The lowest BCUT2D eigenvalue weighted by Gasteiger charge is -2.27. The number of nitro groups is 1. The average molecular weight is 428 g/mol. The molecule has 2 saturated heterocycles. The molecule has 164 valence electrons. The van der Waals surface area contributed by atoms with Crippen LogP contribution in [0, 0.1) is 10.1 Å². The minimum absolute atomic E-state index is 0.127. The molecule has 1 aromatic carbocycles. The van der Waals surface area contributed by atoms with Crippen LogP contribution in [0.15, 0.2) is 23.3 Å². The molecule has 2 aromatic rings. The van der Waals surface area contributed by atoms with E-state index in [0.29, 0.717) is 49.7 Å². The van der Waals surface area contributed by atoms with Crippen LogP contribution in [-0.4, -0.2) is 72.6 Å². The number of aromatic nitrogens is 3. The lowest BCUT2D eigenvalue weighted by molar-refractivity contribution is -0.385. The van der Waals surface area contributed by atoms with Crippen molar-refractivity contribution >= 4 is 29.7 Å². The van der Waals surface area contributed by atoms with Crippen LogP contribution in [0.2, 0.25) is 0 Å². The maximum Gasteiger partial charge on any atom is 0.311 e. The highest BCUT2D eigenvalue weighted by Crippen LogP contribution is 2.27. The summed E-state index contributed by atoms with van der Waals surface area (Å²) in [5.74, 6) is 1.71. The molecule has 0 saturated carbocycles. The van der Waals surface area contributed by atoms with Crippen LogP contribution in [0.4, 0.5) is 23.5 Å². The highest BCUT2D eigenvalue weighted by Gasteiger charge is 2.21. The van der Waals surface area contributed by atoms with E-state index in [-0.39, 0.29) is 11.4 Å². The van der Waals surface area contributed by atoms with Crippen molar-refractivity contribution in [2.45, 2.75) is 12.8 Å². The summed E-state index contributed by atoms with van der Waals surface area (Å²) >= 11 is 0. The maximum absolute atomic E-state index is 11.2. The molecule has 0 radical (unpaired) electrons. The molecule has 0 aliphatic carbocycles. The number of ether oxygens (including phenoxy) is 2. The third kappa shape index (κ3) is 4.97. The Kier molecular flexibility index (Phi) is 6.36. The number of hydrogen-bond acceptors (Lipinski definition) is 11. The molecule has 12 heteroatoms. The highest BCUT2D eigenvalue weighted by molar-refractivity contribution is 5.82. The van der Waals surface area contributed by atoms with Gasteiger partial charge < -0.3 is 19.3 Å². The Hall–Kier alpha value is -3.54. The number of rotatable bonds is 7. The maximum atomic E-state index is 11.2. The third-order valence-corrected chi connectivity index (χ3v) is 5.07. The van der Waals surface area contributed by atoms with E-state index in [9.17, 15) is 10.1 Å². The summed E-state index contributed by atoms with van der Waals surface area (Å²) < 4.78 is 10.4. The standard InChI is InChI=1S/C19H24N8O4/c1-30-16-5-4-14(12-15(16)27(28)29)13-20-24-17-21-18(25-6-2-3-7-25)23-19(22-17)26-8-10-31-11-9-26/h4-5,12-13H,2-3,6-11H2,1H3,(H,21,22,23,24). The molecule has 4 rings (SSSR count). The van der Waals surface area contributed by atoms with Crippen molar-refractivity contribution in [3.05, 3.63) is 33.9 Å². The van der Waals surface area contributed by atoms with Gasteiger partial charge in [-0.15, -0.1) is 0 Å². The zero-order chi connectivity index (χ0) is 21.6. The fourth-order valence-electron chi connectivity index (χ4n) is 3.46. The summed E-state index contributed by atoms with van der Waals surface area (Å²) in [6.07, 6.45) is 3.69. The number of benzene rings is 1. The lowest BCUT2D eigenvalue weighted by Crippen LogP contribution is -2.38. The minimum atomic E-state index is -0.494. The number of nitrogens with zero attached hydrogens (tertiary/aromatic N) is 7. The summed E-state index contributed by atoms with van der Waals surface area (Å²) in [5.41, 5.74) is 3.25. The van der Waals surface area contributed by atoms with Gasteiger partial charge in [0.25, 0.3) is 0 Å². The van der Waals surface area contributed by atoms with Crippen LogP contribution in [-0.2, 0) is 4.74 Å². The van der Waals surface area contributed by atoms with E-state index < -0.39 is 4.92 Å². The van der Waals surface area contributed by atoms with E-state index in [1.165, 1.54) is 25.5 Å². The van der Waals surface area contributed by atoms with Crippen LogP contribution in [0.3, 0.4) is 0 Å². The number of morpholine rings is 1. The van der Waals surface area contributed by atoms with Crippen molar-refractivity contribution in [2.24, 2.45) is 5.10 Å². The van der Waals surface area contributed by atoms with Crippen molar-refractivity contribution < 1.29 is 14.4 Å². The second kappa shape index (κ2) is 9.51. The van der Waals surface area contributed by atoms with Crippen LogP contribution in [0.5, 0.6) is 5.75 Å². The number of hydrazone groups is 1. The second-order valence-corrected chi connectivity index (χ2v) is 7.11. The van der Waals surface area contributed by atoms with E-state index in [4.69, 9.17) is 9.47 Å². The number of hydrogen-bond donors (Lipinski definition) is 1. The van der Waals surface area contributed by atoms with E-state index in [1.807, 2.05) is 0 Å². The Morgan fingerprint density at radius 1 is 1.13 bits per heavy atom. The van der Waals surface area contributed by atoms with Gasteiger partial charge in [-0.25, -0.2) is 5.43 Å². The first-order valence-corrected chi connectivity index (χ1v) is 10.1. The van der Waals surface area contributed by atoms with E-state index >= 15 is 0 Å². The summed E-state index contributed by atoms with van der Waals surface area (Å²) in [7, 11) is 1.39. The topological polar surface area (TPSA) is 131 Å². The normalized spacial score (nSPS) is 16.7. The van der Waals surface area contributed by atoms with Crippen molar-refractivity contribution in [3.63, 3.8) is 0 Å². The molecule has 1 aromatic heterocycles. The monoisotopic (exact) mass is 428 g/mol. The number of methoxy groups -OCH3 is 1. The van der Waals surface area contributed by atoms with E-state index in [0.717, 1.165) is 25.9 Å². The zero-order valence-electron chi connectivity index (χ0n) is 17.2. The Balaban J connectivity index is 1.55. The minimum Gasteiger partial charge on any atom is -0.490 e. The van der Waals surface area contributed by atoms with Gasteiger partial charge in [0.1, 0.15) is 0 Å². The van der Waals surface area contributed by atoms with Crippen LogP contribution < -0.4 is 20.0 Å². The van der Waals surface area contributed by atoms with Crippen molar-refractivity contribution in [2.75, 3.05) is 61.7 Å². The SMILES string of the molecule is COc1ccc(C=NNc2nc(N3CCCC3)nc(N3CCOCC3)n2)cc1[N+](=O)[O-]. The summed E-state index contributed by atoms with van der Waals surface area (Å²) in [5, 5.41) is 15.4. The number of anilines is 3. The summed E-state index contributed by atoms with van der Waals surface area (Å²) in [4.78, 5) is 28.6. The Labute approximate surface area is 179 Å². The molecule has 0 atom stereocenters. The molecular formula is C19H24N8O4. The Bertz CT molecular complexity index is 958. The van der Waals surface area contributed by atoms with Crippen LogP contribution in [0.1, 0.15) is 18.4 Å². The average Bonchev–Trinajstić information content (AvgIpc) is 3.34. The first-order valence-electron chi connectivity index (χ1n) is 10.1. The summed E-state index contributed by atoms with van der Waals surface area (Å²) in [6, 6.07) is 4.61. The molecule has 2 fully saturated rings. The Morgan fingerprint density at radius 2 is 1.81 bits per heavy atom. The van der Waals surface area contributed by atoms with Crippen molar-refractivity contribution in [3.8, 4) is 5.75 Å². The summed E-state index contributed by atoms with van der Waals surface area (Å²) in [6.45, 7) is 4.49. The van der Waals surface area contributed by atoms with Gasteiger partial charge in [-0.1, -0.05) is 0 Å². The molecular weight excluding hydrogens is 404 g/mol. The molecule has 0 bridgehead atoms. The van der Waals surface area contributed by atoms with E-state index in [1.54, 1.807) is 6.07 Å². The first-order chi connectivity index (χ1) is 15.1. The van der Waals surface area contributed by atoms with Gasteiger partial charge in [0.05, 0.1) is 31.5 Å². The van der Waals surface area contributed by atoms with Gasteiger partial charge in [0.15, 0.2) is 5.75 Å². The van der Waals surface area contributed by atoms with Crippen LogP contribution in [0.25, 0.3) is 0 Å². The van der Waals surface area contributed by atoms with Crippen LogP contribution >= 0.6 is 0 Å². The third-order valence-electron chi connectivity index (χ3n) is 5.07. The molecule has 2 aliphatic rings. The fourth-order valence-corrected chi connectivity index (χ4v) is 3.46. The molecule has 1 N–H and O–H groups in total. The number of nitro benzene ring substituents is 1. The zero-order valence-corrected chi connectivity index (χ0v) is 17.2. The largest absolute Gasteiger partial charge is 0.490 e. The van der Waals surface area contributed by atoms with Gasteiger partial charge >= 0.3 is 5.69 Å². The molecule has 0 spiro atoms. The Morgan fingerprint density at radius 3 is 2.45 bits per heavy atom. The molecule has 0 amide bonds. The van der Waals surface area contributed by atoms with Gasteiger partial charge in [0, 0.05) is 37.8 Å². The van der Waals surface area contributed by atoms with Crippen molar-refractivity contribution in [1.82, 2.24) is 15.0 Å². The fraction of sp³-hybridized carbons (Fsp3) is 0.474. The van der Waals surface area contributed by atoms with Gasteiger partial charge in [-0.3, -0.25) is 10.1 Å². The van der Waals surface area contributed by atoms with Crippen molar-refractivity contribution in [1.29, 1.82) is 0 Å². The second-order valence-electron chi connectivity index (χ2n) is 7.11. The quantitative estimate of drug-likeness (QED) is 0.395. The number of nitrogens with one attached hydrogen (secondary N) is 1.